The van der Waals surface area contributed by atoms with E-state index in [2.05, 4.69) is 27.8 Å². The Hall–Kier alpha value is -0.780. The van der Waals surface area contributed by atoms with Gasteiger partial charge in [0.1, 0.15) is 6.61 Å². The zero-order valence-corrected chi connectivity index (χ0v) is 7.43. The van der Waals surface area contributed by atoms with Gasteiger partial charge in [-0.15, -0.1) is 0 Å². The van der Waals surface area contributed by atoms with Crippen molar-refractivity contribution < 1.29 is 5.11 Å². The molecule has 0 fully saturated rings. The quantitative estimate of drug-likeness (QED) is 0.648. The Morgan fingerprint density at radius 3 is 2.73 bits per heavy atom. The number of benzene rings is 1. The summed E-state index contributed by atoms with van der Waals surface area (Å²) in [5, 5.41) is 8.43. The van der Waals surface area contributed by atoms with Crippen LogP contribution in [0.4, 0.5) is 0 Å². The summed E-state index contributed by atoms with van der Waals surface area (Å²) in [5.41, 5.74) is 0.904. The van der Waals surface area contributed by atoms with E-state index < -0.39 is 0 Å². The average Bonchev–Trinajstić information content (AvgIpc) is 2.03. The smallest absolute Gasteiger partial charge is 0.104 e. The van der Waals surface area contributed by atoms with Crippen molar-refractivity contribution in [2.75, 3.05) is 6.61 Å². The first kappa shape index (κ1) is 8.32. The molecular weight excluding hydrogens is 204 g/mol. The molecule has 1 nitrogen and oxygen atoms in total. The molecule has 2 heteroatoms. The lowest BCUT2D eigenvalue weighted by molar-refractivity contribution is 0.350. The van der Waals surface area contributed by atoms with Crippen LogP contribution in [-0.4, -0.2) is 11.7 Å². The molecule has 0 spiro atoms. The van der Waals surface area contributed by atoms with Gasteiger partial charge in [0.05, 0.1) is 0 Å². The van der Waals surface area contributed by atoms with Crippen LogP contribution >= 0.6 is 15.9 Å². The fraction of sp³-hybridized carbons (Fsp3) is 0.111. The van der Waals surface area contributed by atoms with Crippen LogP contribution in [0, 0.1) is 11.8 Å². The van der Waals surface area contributed by atoms with E-state index in [-0.39, 0.29) is 6.61 Å². The summed E-state index contributed by atoms with van der Waals surface area (Å²) in [6, 6.07) is 7.65. The summed E-state index contributed by atoms with van der Waals surface area (Å²) in [4.78, 5) is 0. The van der Waals surface area contributed by atoms with Gasteiger partial charge in [-0.2, -0.15) is 0 Å². The fourth-order valence-electron chi connectivity index (χ4n) is 0.697. The molecule has 1 aromatic rings. The van der Waals surface area contributed by atoms with E-state index in [1.807, 2.05) is 24.3 Å². The summed E-state index contributed by atoms with van der Waals surface area (Å²) in [6.45, 7) is -0.0959. The van der Waals surface area contributed by atoms with Gasteiger partial charge in [0.15, 0.2) is 0 Å². The first-order chi connectivity index (χ1) is 5.34. The second-order valence-electron chi connectivity index (χ2n) is 1.94. The molecular formula is C9H7BrO. The van der Waals surface area contributed by atoms with Crippen molar-refractivity contribution in [1.29, 1.82) is 0 Å². The maximum absolute atomic E-state index is 8.43. The van der Waals surface area contributed by atoms with Crippen molar-refractivity contribution in [3.05, 3.63) is 34.3 Å². The molecule has 1 aromatic carbocycles. The van der Waals surface area contributed by atoms with Gasteiger partial charge in [-0.3, -0.25) is 0 Å². The van der Waals surface area contributed by atoms with Crippen molar-refractivity contribution in [1.82, 2.24) is 0 Å². The molecule has 0 saturated heterocycles. The van der Waals surface area contributed by atoms with E-state index in [1.54, 1.807) is 0 Å². The SMILES string of the molecule is OCC#Cc1ccccc1Br. The minimum Gasteiger partial charge on any atom is -0.384 e. The molecule has 1 N–H and O–H groups in total. The van der Waals surface area contributed by atoms with Crippen molar-refractivity contribution in [3.8, 4) is 11.8 Å². The Morgan fingerprint density at radius 2 is 2.09 bits per heavy atom. The van der Waals surface area contributed by atoms with Gasteiger partial charge in [0.25, 0.3) is 0 Å². The minimum atomic E-state index is -0.0959. The molecule has 0 aromatic heterocycles. The lowest BCUT2D eigenvalue weighted by Gasteiger charge is -1.91. The molecule has 0 aliphatic rings. The molecule has 11 heavy (non-hydrogen) atoms. The second-order valence-corrected chi connectivity index (χ2v) is 2.79. The van der Waals surface area contributed by atoms with Crippen molar-refractivity contribution in [2.24, 2.45) is 0 Å². The fourth-order valence-corrected chi connectivity index (χ4v) is 1.08. The van der Waals surface area contributed by atoms with E-state index in [0.717, 1.165) is 10.0 Å². The number of hydrogen-bond acceptors (Lipinski definition) is 1. The molecule has 0 radical (unpaired) electrons. The molecule has 0 saturated carbocycles. The standard InChI is InChI=1S/C9H7BrO/c10-9-6-2-1-4-8(9)5-3-7-11/h1-2,4,6,11H,7H2. The van der Waals surface area contributed by atoms with Crippen LogP contribution in [0.5, 0.6) is 0 Å². The van der Waals surface area contributed by atoms with Gasteiger partial charge < -0.3 is 5.11 Å². The third-order valence-corrected chi connectivity index (χ3v) is 1.87. The second kappa shape index (κ2) is 4.17. The first-order valence-corrected chi connectivity index (χ1v) is 3.98. The third kappa shape index (κ3) is 2.38. The number of halogens is 1. The molecule has 0 bridgehead atoms. The number of aliphatic hydroxyl groups excluding tert-OH is 1. The molecule has 0 atom stereocenters. The predicted molar refractivity (Wildman–Crippen MR) is 48.1 cm³/mol. The highest BCUT2D eigenvalue weighted by Crippen LogP contribution is 2.13. The van der Waals surface area contributed by atoms with Crippen LogP contribution in [0.25, 0.3) is 0 Å². The van der Waals surface area contributed by atoms with Crippen LogP contribution in [0.15, 0.2) is 28.7 Å². The van der Waals surface area contributed by atoms with Gasteiger partial charge in [-0.1, -0.05) is 24.0 Å². The Morgan fingerprint density at radius 1 is 1.36 bits per heavy atom. The summed E-state index contributed by atoms with van der Waals surface area (Å²) >= 11 is 3.34. The lowest BCUT2D eigenvalue weighted by atomic mass is 10.2. The maximum atomic E-state index is 8.43. The number of rotatable bonds is 0. The van der Waals surface area contributed by atoms with Gasteiger partial charge in [0.2, 0.25) is 0 Å². The lowest BCUT2D eigenvalue weighted by Crippen LogP contribution is -1.77. The van der Waals surface area contributed by atoms with Gasteiger partial charge in [-0.05, 0) is 28.1 Å². The van der Waals surface area contributed by atoms with Crippen LogP contribution in [0.2, 0.25) is 0 Å². The molecule has 0 heterocycles. The Balaban J connectivity index is 2.95. The molecule has 0 amide bonds. The topological polar surface area (TPSA) is 20.2 Å². The molecule has 56 valence electrons. The number of aliphatic hydroxyl groups is 1. The van der Waals surface area contributed by atoms with Crippen molar-refractivity contribution >= 4 is 15.9 Å². The Bertz CT molecular complexity index is 296. The molecule has 0 aliphatic heterocycles. The zero-order chi connectivity index (χ0) is 8.10. The van der Waals surface area contributed by atoms with E-state index in [9.17, 15) is 0 Å². The van der Waals surface area contributed by atoms with Crippen LogP contribution in [0.3, 0.4) is 0 Å². The Labute approximate surface area is 74.2 Å². The van der Waals surface area contributed by atoms with E-state index in [1.165, 1.54) is 0 Å². The van der Waals surface area contributed by atoms with Crippen LogP contribution < -0.4 is 0 Å². The van der Waals surface area contributed by atoms with Crippen LogP contribution in [-0.2, 0) is 0 Å². The summed E-state index contributed by atoms with van der Waals surface area (Å²) in [6.07, 6.45) is 0. The average molecular weight is 211 g/mol. The third-order valence-electron chi connectivity index (χ3n) is 1.18. The Kier molecular flexibility index (Phi) is 3.15. The maximum Gasteiger partial charge on any atom is 0.104 e. The highest BCUT2D eigenvalue weighted by molar-refractivity contribution is 9.10. The first-order valence-electron chi connectivity index (χ1n) is 3.19. The summed E-state index contributed by atoms with van der Waals surface area (Å²) < 4.78 is 0.959. The van der Waals surface area contributed by atoms with Crippen molar-refractivity contribution in [3.63, 3.8) is 0 Å². The predicted octanol–water partition coefficient (Wildman–Crippen LogP) is 1.79. The minimum absolute atomic E-state index is 0.0959. The van der Waals surface area contributed by atoms with Gasteiger partial charge >= 0.3 is 0 Å². The molecule has 0 unspecified atom stereocenters. The van der Waals surface area contributed by atoms with E-state index in [0.29, 0.717) is 0 Å². The normalized spacial score (nSPS) is 8.55. The summed E-state index contributed by atoms with van der Waals surface area (Å²) in [5.74, 6) is 5.40. The van der Waals surface area contributed by atoms with Gasteiger partial charge in [-0.25, -0.2) is 0 Å². The van der Waals surface area contributed by atoms with Crippen LogP contribution in [0.1, 0.15) is 5.56 Å². The van der Waals surface area contributed by atoms with E-state index in [4.69, 9.17) is 5.11 Å². The molecule has 1 rings (SSSR count). The number of hydrogen-bond donors (Lipinski definition) is 1. The zero-order valence-electron chi connectivity index (χ0n) is 5.84. The molecule has 0 aliphatic carbocycles. The monoisotopic (exact) mass is 210 g/mol. The highest BCUT2D eigenvalue weighted by atomic mass is 79.9. The largest absolute Gasteiger partial charge is 0.384 e. The van der Waals surface area contributed by atoms with E-state index >= 15 is 0 Å². The van der Waals surface area contributed by atoms with Crippen molar-refractivity contribution in [2.45, 2.75) is 0 Å². The van der Waals surface area contributed by atoms with Gasteiger partial charge in [0, 0.05) is 10.0 Å². The highest BCUT2D eigenvalue weighted by Gasteiger charge is 1.90. The summed E-state index contributed by atoms with van der Waals surface area (Å²) in [7, 11) is 0.